The molecular weight excluding hydrogens is 344 g/mol. The van der Waals surface area contributed by atoms with Gasteiger partial charge in [-0.25, -0.2) is 10.8 Å². The van der Waals surface area contributed by atoms with Crippen molar-refractivity contribution in [2.24, 2.45) is 5.84 Å². The van der Waals surface area contributed by atoms with Gasteiger partial charge in [-0.3, -0.25) is 10.2 Å². The number of amides is 1. The van der Waals surface area contributed by atoms with Gasteiger partial charge in [-0.2, -0.15) is 0 Å². The number of rotatable bonds is 4. The highest BCUT2D eigenvalue weighted by atomic mass is 79.9. The maximum atomic E-state index is 11.7. The van der Waals surface area contributed by atoms with E-state index in [0.717, 1.165) is 26.9 Å². The molecule has 6 heteroatoms. The number of nitrogens with two attached hydrogens (primary N) is 1. The number of carbonyl (C=O) groups excluding carboxylic acids is 1. The van der Waals surface area contributed by atoms with Crippen molar-refractivity contribution in [3.8, 4) is 0 Å². The number of para-hydroxylation sites is 2. The molecular formula is C16H15BrN4O. The summed E-state index contributed by atoms with van der Waals surface area (Å²) in [6.45, 7) is 0.156. The quantitative estimate of drug-likeness (QED) is 0.427. The summed E-state index contributed by atoms with van der Waals surface area (Å²) in [5.41, 5.74) is 5.11. The van der Waals surface area contributed by atoms with Crippen LogP contribution in [0.3, 0.4) is 0 Å². The molecule has 3 N–H and O–H groups in total. The van der Waals surface area contributed by atoms with E-state index in [4.69, 9.17) is 5.84 Å². The Hall–Kier alpha value is -2.18. The number of aromatic nitrogens is 2. The zero-order valence-corrected chi connectivity index (χ0v) is 13.4. The number of halogens is 1. The van der Waals surface area contributed by atoms with E-state index in [1.54, 1.807) is 0 Å². The molecule has 0 saturated carbocycles. The Morgan fingerprint density at radius 1 is 1.18 bits per heavy atom. The van der Waals surface area contributed by atoms with E-state index in [1.165, 1.54) is 0 Å². The van der Waals surface area contributed by atoms with Crippen LogP contribution in [0.2, 0.25) is 0 Å². The van der Waals surface area contributed by atoms with E-state index in [1.807, 2.05) is 53.1 Å². The molecule has 3 aromatic rings. The molecule has 1 heterocycles. The molecule has 5 nitrogen and oxygen atoms in total. The van der Waals surface area contributed by atoms with Crippen molar-refractivity contribution in [3.05, 3.63) is 64.4 Å². The molecule has 1 amide bonds. The van der Waals surface area contributed by atoms with Crippen LogP contribution in [-0.2, 0) is 17.8 Å². The molecule has 22 heavy (non-hydrogen) atoms. The van der Waals surface area contributed by atoms with Gasteiger partial charge in [-0.15, -0.1) is 0 Å². The fourth-order valence-electron chi connectivity index (χ4n) is 2.41. The number of hydrogen-bond donors (Lipinski definition) is 2. The Balaban J connectivity index is 2.01. The van der Waals surface area contributed by atoms with Gasteiger partial charge in [0.2, 0.25) is 0 Å². The van der Waals surface area contributed by atoms with Gasteiger partial charge in [0.25, 0.3) is 5.91 Å². The molecule has 0 bridgehead atoms. The number of nitrogens with one attached hydrogen (secondary N) is 1. The fraction of sp³-hybridized carbons (Fsp3) is 0.125. The second kappa shape index (κ2) is 6.29. The Kier molecular flexibility index (Phi) is 4.22. The lowest BCUT2D eigenvalue weighted by molar-refractivity contribution is -0.121. The molecule has 0 aliphatic carbocycles. The number of benzene rings is 2. The van der Waals surface area contributed by atoms with Crippen LogP contribution in [0.15, 0.2) is 53.0 Å². The normalized spacial score (nSPS) is 10.8. The standard InChI is InChI=1S/C16H15BrN4O/c17-12-7-5-11(6-8-12)9-15-19-13-3-1-2-4-14(13)21(15)10-16(22)20-18/h1-8H,9-10,18H2,(H,20,22). The Labute approximate surface area is 136 Å². The SMILES string of the molecule is NNC(=O)Cn1c(Cc2ccc(Br)cc2)nc2ccccc21. The van der Waals surface area contributed by atoms with Crippen LogP contribution >= 0.6 is 15.9 Å². The van der Waals surface area contributed by atoms with Crippen molar-refractivity contribution in [1.29, 1.82) is 0 Å². The van der Waals surface area contributed by atoms with Gasteiger partial charge in [-0.05, 0) is 29.8 Å². The highest BCUT2D eigenvalue weighted by molar-refractivity contribution is 9.10. The second-order valence-corrected chi connectivity index (χ2v) is 5.89. The Bertz CT molecular complexity index is 811. The summed E-state index contributed by atoms with van der Waals surface area (Å²) in [6.07, 6.45) is 0.653. The smallest absolute Gasteiger partial charge is 0.253 e. The van der Waals surface area contributed by atoms with E-state index in [9.17, 15) is 4.79 Å². The zero-order chi connectivity index (χ0) is 15.5. The van der Waals surface area contributed by atoms with E-state index in [2.05, 4.69) is 26.3 Å². The summed E-state index contributed by atoms with van der Waals surface area (Å²) in [6, 6.07) is 15.8. The van der Waals surface area contributed by atoms with Crippen LogP contribution in [0, 0.1) is 0 Å². The highest BCUT2D eigenvalue weighted by Gasteiger charge is 2.13. The summed E-state index contributed by atoms with van der Waals surface area (Å²) in [5.74, 6) is 5.80. The highest BCUT2D eigenvalue weighted by Crippen LogP contribution is 2.19. The Morgan fingerprint density at radius 3 is 2.64 bits per heavy atom. The molecule has 2 aromatic carbocycles. The van der Waals surface area contributed by atoms with E-state index < -0.39 is 0 Å². The van der Waals surface area contributed by atoms with Crippen molar-refractivity contribution in [2.45, 2.75) is 13.0 Å². The topological polar surface area (TPSA) is 72.9 Å². The molecule has 3 rings (SSSR count). The number of imidazole rings is 1. The first-order valence-electron chi connectivity index (χ1n) is 6.85. The van der Waals surface area contributed by atoms with Crippen LogP contribution in [-0.4, -0.2) is 15.5 Å². The average Bonchev–Trinajstić information content (AvgIpc) is 2.87. The van der Waals surface area contributed by atoms with Crippen molar-refractivity contribution in [3.63, 3.8) is 0 Å². The minimum absolute atomic E-state index is 0.156. The van der Waals surface area contributed by atoms with Crippen LogP contribution in [0.4, 0.5) is 0 Å². The third-order valence-electron chi connectivity index (χ3n) is 3.47. The minimum Gasteiger partial charge on any atom is -0.318 e. The van der Waals surface area contributed by atoms with Gasteiger partial charge < -0.3 is 4.57 Å². The number of nitrogens with zero attached hydrogens (tertiary/aromatic N) is 2. The monoisotopic (exact) mass is 358 g/mol. The molecule has 0 unspecified atom stereocenters. The molecule has 0 saturated heterocycles. The van der Waals surface area contributed by atoms with Crippen LogP contribution in [0.25, 0.3) is 11.0 Å². The molecule has 0 atom stereocenters. The summed E-state index contributed by atoms with van der Waals surface area (Å²) in [7, 11) is 0. The largest absolute Gasteiger partial charge is 0.318 e. The summed E-state index contributed by atoms with van der Waals surface area (Å²) in [4.78, 5) is 16.3. The van der Waals surface area contributed by atoms with Gasteiger partial charge in [0.15, 0.2) is 0 Å². The number of hydrogen-bond acceptors (Lipinski definition) is 3. The maximum absolute atomic E-state index is 11.7. The van der Waals surface area contributed by atoms with Crippen LogP contribution < -0.4 is 11.3 Å². The van der Waals surface area contributed by atoms with Gasteiger partial charge in [0, 0.05) is 10.9 Å². The van der Waals surface area contributed by atoms with Crippen LogP contribution in [0.1, 0.15) is 11.4 Å². The van der Waals surface area contributed by atoms with Gasteiger partial charge in [0.1, 0.15) is 12.4 Å². The first-order chi connectivity index (χ1) is 10.7. The third-order valence-corrected chi connectivity index (χ3v) is 4.00. The average molecular weight is 359 g/mol. The lowest BCUT2D eigenvalue weighted by atomic mass is 10.1. The molecule has 0 aliphatic rings. The predicted octanol–water partition coefficient (Wildman–Crippen LogP) is 2.38. The molecule has 112 valence electrons. The summed E-state index contributed by atoms with van der Waals surface area (Å²) in [5, 5.41) is 0. The predicted molar refractivity (Wildman–Crippen MR) is 89.0 cm³/mol. The summed E-state index contributed by atoms with van der Waals surface area (Å²) < 4.78 is 2.94. The fourth-order valence-corrected chi connectivity index (χ4v) is 2.68. The number of hydrazine groups is 1. The molecule has 0 spiro atoms. The molecule has 0 aliphatic heterocycles. The Morgan fingerprint density at radius 2 is 1.91 bits per heavy atom. The van der Waals surface area contributed by atoms with Crippen molar-refractivity contribution in [2.75, 3.05) is 0 Å². The number of fused-ring (bicyclic) bond motifs is 1. The van der Waals surface area contributed by atoms with Crippen molar-refractivity contribution < 1.29 is 4.79 Å². The van der Waals surface area contributed by atoms with Gasteiger partial charge in [-0.1, -0.05) is 40.2 Å². The first kappa shape index (κ1) is 14.7. The van der Waals surface area contributed by atoms with E-state index >= 15 is 0 Å². The lowest BCUT2D eigenvalue weighted by Crippen LogP contribution is -2.33. The van der Waals surface area contributed by atoms with E-state index in [-0.39, 0.29) is 12.5 Å². The molecule has 0 radical (unpaired) electrons. The van der Waals surface area contributed by atoms with E-state index in [0.29, 0.717) is 6.42 Å². The zero-order valence-electron chi connectivity index (χ0n) is 11.8. The maximum Gasteiger partial charge on any atom is 0.253 e. The minimum atomic E-state index is -0.250. The third kappa shape index (κ3) is 3.03. The van der Waals surface area contributed by atoms with Crippen molar-refractivity contribution >= 4 is 32.9 Å². The number of carbonyl (C=O) groups is 1. The molecule has 1 aromatic heterocycles. The van der Waals surface area contributed by atoms with Crippen molar-refractivity contribution in [1.82, 2.24) is 15.0 Å². The first-order valence-corrected chi connectivity index (χ1v) is 7.64. The van der Waals surface area contributed by atoms with Crippen LogP contribution in [0.5, 0.6) is 0 Å². The van der Waals surface area contributed by atoms with Gasteiger partial charge in [0.05, 0.1) is 11.0 Å². The second-order valence-electron chi connectivity index (χ2n) is 4.97. The van der Waals surface area contributed by atoms with Gasteiger partial charge >= 0.3 is 0 Å². The lowest BCUT2D eigenvalue weighted by Gasteiger charge is -2.08. The summed E-state index contributed by atoms with van der Waals surface area (Å²) >= 11 is 3.43. The molecule has 0 fully saturated rings.